The van der Waals surface area contributed by atoms with E-state index in [1.165, 1.54) is 38.5 Å². The fourth-order valence-electron chi connectivity index (χ4n) is 2.73. The summed E-state index contributed by atoms with van der Waals surface area (Å²) in [6.45, 7) is 3.40. The van der Waals surface area contributed by atoms with Crippen molar-refractivity contribution in [2.75, 3.05) is 6.54 Å². The van der Waals surface area contributed by atoms with E-state index in [-0.39, 0.29) is 0 Å². The normalized spacial score (nSPS) is 27.8. The predicted octanol–water partition coefficient (Wildman–Crippen LogP) is 2.56. The smallest absolute Gasteiger partial charge is 0.0123 e. The maximum atomic E-state index is 3.69. The third-order valence-electron chi connectivity index (χ3n) is 3.48. The summed E-state index contributed by atoms with van der Waals surface area (Å²) < 4.78 is 0. The monoisotopic (exact) mass is 167 g/mol. The molecule has 2 aliphatic rings. The minimum absolute atomic E-state index is 0.887. The van der Waals surface area contributed by atoms with Crippen molar-refractivity contribution in [2.45, 2.75) is 51.5 Å². The Morgan fingerprint density at radius 3 is 2.17 bits per heavy atom. The Morgan fingerprint density at radius 2 is 1.67 bits per heavy atom. The molecule has 12 heavy (non-hydrogen) atoms. The average Bonchev–Trinajstić information content (AvgIpc) is 2.77. The van der Waals surface area contributed by atoms with Gasteiger partial charge in [-0.15, -0.1) is 0 Å². The molecule has 1 N–H and O–H groups in total. The van der Waals surface area contributed by atoms with E-state index in [1.54, 1.807) is 0 Å². The molecular weight excluding hydrogens is 146 g/mol. The van der Waals surface area contributed by atoms with Crippen molar-refractivity contribution < 1.29 is 0 Å². The number of nitrogens with one attached hydrogen (secondary N) is 1. The molecule has 1 nitrogen and oxygen atoms in total. The van der Waals surface area contributed by atoms with Crippen LogP contribution in [0.25, 0.3) is 0 Å². The first-order chi connectivity index (χ1) is 5.92. The molecule has 1 unspecified atom stereocenters. The standard InChI is InChI=1S/C11H21N/c1-2-12-11(10-7-8-10)9-5-3-4-6-9/h9-12H,2-8H2,1H3. The van der Waals surface area contributed by atoms with Crippen molar-refractivity contribution in [3.8, 4) is 0 Å². The van der Waals surface area contributed by atoms with E-state index in [9.17, 15) is 0 Å². The van der Waals surface area contributed by atoms with Gasteiger partial charge in [0.2, 0.25) is 0 Å². The van der Waals surface area contributed by atoms with Crippen LogP contribution >= 0.6 is 0 Å². The van der Waals surface area contributed by atoms with Gasteiger partial charge in [-0.3, -0.25) is 0 Å². The third-order valence-corrected chi connectivity index (χ3v) is 3.48. The van der Waals surface area contributed by atoms with E-state index in [2.05, 4.69) is 12.2 Å². The van der Waals surface area contributed by atoms with Crippen LogP contribution in [0.5, 0.6) is 0 Å². The van der Waals surface area contributed by atoms with E-state index in [0.29, 0.717) is 0 Å². The summed E-state index contributed by atoms with van der Waals surface area (Å²) in [4.78, 5) is 0. The lowest BCUT2D eigenvalue weighted by molar-refractivity contribution is 0.331. The van der Waals surface area contributed by atoms with Crippen LogP contribution < -0.4 is 5.32 Å². The number of hydrogen-bond donors (Lipinski definition) is 1. The Bertz CT molecular complexity index is 134. The molecule has 1 heteroatoms. The minimum atomic E-state index is 0.887. The van der Waals surface area contributed by atoms with Crippen molar-refractivity contribution in [3.63, 3.8) is 0 Å². The molecule has 2 fully saturated rings. The molecule has 70 valence electrons. The van der Waals surface area contributed by atoms with Crippen LogP contribution in [0.1, 0.15) is 45.4 Å². The quantitative estimate of drug-likeness (QED) is 0.678. The highest BCUT2D eigenvalue weighted by Crippen LogP contribution is 2.40. The molecule has 0 bridgehead atoms. The number of hydrogen-bond acceptors (Lipinski definition) is 1. The lowest BCUT2D eigenvalue weighted by atomic mass is 9.94. The van der Waals surface area contributed by atoms with Crippen LogP contribution in [-0.2, 0) is 0 Å². The second kappa shape index (κ2) is 3.78. The van der Waals surface area contributed by atoms with Crippen molar-refractivity contribution in [1.29, 1.82) is 0 Å². The molecule has 2 rings (SSSR count). The molecule has 2 aliphatic carbocycles. The Balaban J connectivity index is 1.85. The Morgan fingerprint density at radius 1 is 1.08 bits per heavy atom. The first kappa shape index (κ1) is 8.55. The average molecular weight is 167 g/mol. The Hall–Kier alpha value is -0.0400. The fraction of sp³-hybridized carbons (Fsp3) is 1.00. The molecule has 0 heterocycles. The van der Waals surface area contributed by atoms with Crippen LogP contribution in [0.2, 0.25) is 0 Å². The van der Waals surface area contributed by atoms with Crippen molar-refractivity contribution >= 4 is 0 Å². The van der Waals surface area contributed by atoms with Gasteiger partial charge in [-0.1, -0.05) is 19.8 Å². The second-order valence-corrected chi connectivity index (χ2v) is 4.47. The van der Waals surface area contributed by atoms with Gasteiger partial charge in [0.05, 0.1) is 0 Å². The predicted molar refractivity (Wildman–Crippen MR) is 52.1 cm³/mol. The first-order valence-electron chi connectivity index (χ1n) is 5.65. The molecule has 0 aromatic rings. The van der Waals surface area contributed by atoms with Gasteiger partial charge < -0.3 is 5.32 Å². The largest absolute Gasteiger partial charge is 0.314 e. The fourth-order valence-corrected chi connectivity index (χ4v) is 2.73. The summed E-state index contributed by atoms with van der Waals surface area (Å²) in [6, 6.07) is 0.887. The summed E-state index contributed by atoms with van der Waals surface area (Å²) in [5.41, 5.74) is 0. The van der Waals surface area contributed by atoms with Crippen LogP contribution in [-0.4, -0.2) is 12.6 Å². The van der Waals surface area contributed by atoms with E-state index >= 15 is 0 Å². The second-order valence-electron chi connectivity index (χ2n) is 4.47. The molecule has 0 aliphatic heterocycles. The summed E-state index contributed by atoms with van der Waals surface area (Å²) in [7, 11) is 0. The lowest BCUT2D eigenvalue weighted by Crippen LogP contribution is -2.36. The number of rotatable bonds is 4. The molecule has 0 aromatic carbocycles. The molecule has 0 aromatic heterocycles. The van der Waals surface area contributed by atoms with Crippen LogP contribution in [0.3, 0.4) is 0 Å². The topological polar surface area (TPSA) is 12.0 Å². The van der Waals surface area contributed by atoms with Crippen LogP contribution in [0.15, 0.2) is 0 Å². The van der Waals surface area contributed by atoms with Crippen LogP contribution in [0.4, 0.5) is 0 Å². The molecule has 0 saturated heterocycles. The SMILES string of the molecule is CCNC(C1CCCC1)C1CC1. The van der Waals surface area contributed by atoms with Crippen LogP contribution in [0, 0.1) is 11.8 Å². The Labute approximate surface area is 75.9 Å². The highest BCUT2D eigenvalue weighted by molar-refractivity contribution is 4.92. The van der Waals surface area contributed by atoms with Gasteiger partial charge in [-0.25, -0.2) is 0 Å². The Kier molecular flexibility index (Phi) is 2.69. The zero-order valence-corrected chi connectivity index (χ0v) is 8.18. The molecule has 0 spiro atoms. The highest BCUT2D eigenvalue weighted by atomic mass is 14.9. The zero-order valence-electron chi connectivity index (χ0n) is 8.18. The summed E-state index contributed by atoms with van der Waals surface area (Å²) in [6.07, 6.45) is 8.95. The van der Waals surface area contributed by atoms with E-state index < -0.39 is 0 Å². The molecule has 0 amide bonds. The maximum Gasteiger partial charge on any atom is 0.0123 e. The van der Waals surface area contributed by atoms with Gasteiger partial charge in [0.1, 0.15) is 0 Å². The summed E-state index contributed by atoms with van der Waals surface area (Å²) in [5, 5.41) is 3.69. The van der Waals surface area contributed by atoms with Crippen molar-refractivity contribution in [1.82, 2.24) is 5.32 Å². The summed E-state index contributed by atoms with van der Waals surface area (Å²) in [5.74, 6) is 2.07. The van der Waals surface area contributed by atoms with Gasteiger partial charge in [-0.2, -0.15) is 0 Å². The van der Waals surface area contributed by atoms with Crippen molar-refractivity contribution in [2.24, 2.45) is 11.8 Å². The van der Waals surface area contributed by atoms with Crippen molar-refractivity contribution in [3.05, 3.63) is 0 Å². The van der Waals surface area contributed by atoms with E-state index in [0.717, 1.165) is 24.4 Å². The van der Waals surface area contributed by atoms with Gasteiger partial charge in [0, 0.05) is 6.04 Å². The molecular formula is C11H21N. The minimum Gasteiger partial charge on any atom is -0.314 e. The van der Waals surface area contributed by atoms with Gasteiger partial charge in [-0.05, 0) is 44.1 Å². The third kappa shape index (κ3) is 1.82. The van der Waals surface area contributed by atoms with E-state index in [4.69, 9.17) is 0 Å². The van der Waals surface area contributed by atoms with E-state index in [1.807, 2.05) is 0 Å². The zero-order chi connectivity index (χ0) is 8.39. The molecule has 0 radical (unpaired) electrons. The molecule has 1 atom stereocenters. The van der Waals surface area contributed by atoms with Gasteiger partial charge in [0.15, 0.2) is 0 Å². The first-order valence-corrected chi connectivity index (χ1v) is 5.65. The van der Waals surface area contributed by atoms with Gasteiger partial charge in [0.25, 0.3) is 0 Å². The molecule has 2 saturated carbocycles. The highest BCUT2D eigenvalue weighted by Gasteiger charge is 2.36. The van der Waals surface area contributed by atoms with Gasteiger partial charge >= 0.3 is 0 Å². The summed E-state index contributed by atoms with van der Waals surface area (Å²) >= 11 is 0. The maximum absolute atomic E-state index is 3.69. The lowest BCUT2D eigenvalue weighted by Gasteiger charge is -2.23.